The first kappa shape index (κ1) is 11.1. The zero-order valence-corrected chi connectivity index (χ0v) is 9.20. The fourth-order valence-electron chi connectivity index (χ4n) is 2.13. The normalized spacial score (nSPS) is 19.3. The highest BCUT2D eigenvalue weighted by atomic mass is 16.3. The van der Waals surface area contributed by atoms with Crippen LogP contribution in [0.15, 0.2) is 17.1 Å². The molecular weight excluding hydrogens is 206 g/mol. The predicted molar refractivity (Wildman–Crippen MR) is 61.4 cm³/mol. The number of aromatic nitrogens is 2. The molecule has 88 valence electrons. The molecule has 3 N–H and O–H groups in total. The van der Waals surface area contributed by atoms with Crippen LogP contribution in [0.2, 0.25) is 0 Å². The molecule has 0 saturated heterocycles. The minimum atomic E-state index is -0.624. The molecule has 2 rings (SSSR count). The number of hydrogen-bond acceptors (Lipinski definition) is 4. The maximum absolute atomic E-state index is 11.0. The second kappa shape index (κ2) is 4.65. The van der Waals surface area contributed by atoms with Crippen LogP contribution in [-0.4, -0.2) is 27.4 Å². The van der Waals surface area contributed by atoms with Gasteiger partial charge in [0.05, 0.1) is 17.5 Å². The van der Waals surface area contributed by atoms with Crippen LogP contribution >= 0.6 is 0 Å². The fourth-order valence-corrected chi connectivity index (χ4v) is 2.13. The molecule has 0 radical (unpaired) electrons. The first-order valence-electron chi connectivity index (χ1n) is 5.69. The van der Waals surface area contributed by atoms with Gasteiger partial charge in [0.15, 0.2) is 0 Å². The zero-order chi connectivity index (χ0) is 11.4. The summed E-state index contributed by atoms with van der Waals surface area (Å²) in [5.74, 6) is 0. The van der Waals surface area contributed by atoms with Crippen molar-refractivity contribution in [3.63, 3.8) is 0 Å². The molecule has 0 aliphatic heterocycles. The van der Waals surface area contributed by atoms with Gasteiger partial charge >= 0.3 is 0 Å². The summed E-state index contributed by atoms with van der Waals surface area (Å²) in [5.41, 5.74) is -0.204. The molecule has 0 amide bonds. The minimum absolute atomic E-state index is 0.236. The third-order valence-corrected chi connectivity index (χ3v) is 3.07. The Bertz CT molecular complexity index is 396. The molecule has 0 unspecified atom stereocenters. The number of rotatable bonds is 3. The maximum atomic E-state index is 11.0. The lowest BCUT2D eigenvalue weighted by Crippen LogP contribution is -2.38. The van der Waals surface area contributed by atoms with Crippen molar-refractivity contribution >= 4 is 5.69 Å². The van der Waals surface area contributed by atoms with Crippen molar-refractivity contribution in [3.05, 3.63) is 22.6 Å². The molecule has 0 spiro atoms. The van der Waals surface area contributed by atoms with Crippen LogP contribution < -0.4 is 10.9 Å². The average Bonchev–Trinajstić information content (AvgIpc) is 2.28. The molecular formula is C11H17N3O2. The Balaban J connectivity index is 1.93. The van der Waals surface area contributed by atoms with E-state index in [1.165, 1.54) is 12.5 Å². The number of aliphatic hydroxyl groups is 1. The number of H-pyrrole nitrogens is 1. The highest BCUT2D eigenvalue weighted by Gasteiger charge is 2.28. The van der Waals surface area contributed by atoms with Crippen molar-refractivity contribution in [2.75, 3.05) is 11.9 Å². The van der Waals surface area contributed by atoms with E-state index < -0.39 is 5.60 Å². The number of nitrogens with zero attached hydrogens (tertiary/aromatic N) is 1. The molecule has 0 aromatic carbocycles. The molecule has 0 bridgehead atoms. The highest BCUT2D eigenvalue weighted by Crippen LogP contribution is 2.27. The molecule has 1 saturated carbocycles. The van der Waals surface area contributed by atoms with E-state index in [-0.39, 0.29) is 5.56 Å². The van der Waals surface area contributed by atoms with Gasteiger partial charge in [0.2, 0.25) is 0 Å². The van der Waals surface area contributed by atoms with Gasteiger partial charge in [0.1, 0.15) is 0 Å². The molecule has 5 heteroatoms. The summed E-state index contributed by atoms with van der Waals surface area (Å²) in [6.07, 6.45) is 6.56. The monoisotopic (exact) mass is 223 g/mol. The molecule has 1 aromatic rings. The van der Waals surface area contributed by atoms with E-state index in [0.29, 0.717) is 12.2 Å². The molecule has 5 nitrogen and oxygen atoms in total. The van der Waals surface area contributed by atoms with Crippen molar-refractivity contribution in [3.8, 4) is 0 Å². The van der Waals surface area contributed by atoms with Crippen LogP contribution in [0.25, 0.3) is 0 Å². The van der Waals surface area contributed by atoms with E-state index in [9.17, 15) is 9.90 Å². The topological polar surface area (TPSA) is 78.0 Å². The zero-order valence-electron chi connectivity index (χ0n) is 9.20. The Labute approximate surface area is 93.9 Å². The third kappa shape index (κ3) is 2.82. The standard InChI is InChI=1S/C11H17N3O2/c15-10-6-9(7-13-14-10)12-8-11(16)4-2-1-3-5-11/h6-7,16H,1-5,8H2,(H2,12,14,15). The Kier molecular flexibility index (Phi) is 3.24. The summed E-state index contributed by atoms with van der Waals surface area (Å²) in [4.78, 5) is 11.0. The highest BCUT2D eigenvalue weighted by molar-refractivity contribution is 5.39. The summed E-state index contributed by atoms with van der Waals surface area (Å²) >= 11 is 0. The summed E-state index contributed by atoms with van der Waals surface area (Å²) < 4.78 is 0. The van der Waals surface area contributed by atoms with E-state index in [1.807, 2.05) is 0 Å². The Hall–Kier alpha value is -1.36. The number of nitrogens with one attached hydrogen (secondary N) is 2. The van der Waals surface area contributed by atoms with Gasteiger partial charge in [0.25, 0.3) is 5.56 Å². The number of hydrogen-bond donors (Lipinski definition) is 3. The average molecular weight is 223 g/mol. The summed E-state index contributed by atoms with van der Waals surface area (Å²) in [6.45, 7) is 0.484. The van der Waals surface area contributed by atoms with Crippen LogP contribution in [0.3, 0.4) is 0 Å². The van der Waals surface area contributed by atoms with E-state index in [2.05, 4.69) is 15.5 Å². The van der Waals surface area contributed by atoms with Crippen molar-refractivity contribution < 1.29 is 5.11 Å². The van der Waals surface area contributed by atoms with E-state index in [1.54, 1.807) is 6.20 Å². The van der Waals surface area contributed by atoms with Gasteiger partial charge in [-0.15, -0.1) is 0 Å². The molecule has 16 heavy (non-hydrogen) atoms. The first-order chi connectivity index (χ1) is 7.68. The Morgan fingerprint density at radius 1 is 1.44 bits per heavy atom. The third-order valence-electron chi connectivity index (χ3n) is 3.07. The van der Waals surface area contributed by atoms with Crippen LogP contribution in [-0.2, 0) is 0 Å². The smallest absolute Gasteiger partial charge is 0.266 e. The Morgan fingerprint density at radius 2 is 2.19 bits per heavy atom. The molecule has 1 aromatic heterocycles. The number of anilines is 1. The van der Waals surface area contributed by atoms with Gasteiger partial charge in [-0.1, -0.05) is 19.3 Å². The Morgan fingerprint density at radius 3 is 2.88 bits per heavy atom. The van der Waals surface area contributed by atoms with Crippen LogP contribution in [0.5, 0.6) is 0 Å². The van der Waals surface area contributed by atoms with Gasteiger partial charge in [-0.3, -0.25) is 4.79 Å². The quantitative estimate of drug-likeness (QED) is 0.710. The number of aromatic amines is 1. The molecule has 1 aliphatic rings. The molecule has 0 atom stereocenters. The van der Waals surface area contributed by atoms with Gasteiger partial charge in [-0.25, -0.2) is 5.10 Å². The van der Waals surface area contributed by atoms with Crippen LogP contribution in [0, 0.1) is 0 Å². The SMILES string of the molecule is O=c1cc(NCC2(O)CCCCC2)cn[nH]1. The fraction of sp³-hybridized carbons (Fsp3) is 0.636. The van der Waals surface area contributed by atoms with E-state index >= 15 is 0 Å². The molecule has 1 heterocycles. The maximum Gasteiger partial charge on any atom is 0.266 e. The first-order valence-corrected chi connectivity index (χ1v) is 5.69. The summed E-state index contributed by atoms with van der Waals surface area (Å²) in [7, 11) is 0. The van der Waals surface area contributed by atoms with Crippen molar-refractivity contribution in [2.24, 2.45) is 0 Å². The van der Waals surface area contributed by atoms with Gasteiger partial charge in [-0.05, 0) is 12.8 Å². The lowest BCUT2D eigenvalue weighted by atomic mass is 9.85. The van der Waals surface area contributed by atoms with Crippen LogP contribution in [0.1, 0.15) is 32.1 Å². The van der Waals surface area contributed by atoms with Gasteiger partial charge in [-0.2, -0.15) is 5.10 Å². The molecule has 1 aliphatic carbocycles. The van der Waals surface area contributed by atoms with Gasteiger partial charge < -0.3 is 10.4 Å². The largest absolute Gasteiger partial charge is 0.388 e. The summed E-state index contributed by atoms with van der Waals surface area (Å²) in [6, 6.07) is 1.44. The lowest BCUT2D eigenvalue weighted by molar-refractivity contribution is 0.0167. The predicted octanol–water partition coefficient (Wildman–Crippen LogP) is 0.877. The van der Waals surface area contributed by atoms with Crippen molar-refractivity contribution in [1.29, 1.82) is 0 Å². The molecule has 1 fully saturated rings. The van der Waals surface area contributed by atoms with Crippen molar-refractivity contribution in [2.45, 2.75) is 37.7 Å². The second-order valence-electron chi connectivity index (χ2n) is 4.47. The summed E-state index contributed by atoms with van der Waals surface area (Å²) in [5, 5.41) is 19.3. The minimum Gasteiger partial charge on any atom is -0.388 e. The van der Waals surface area contributed by atoms with E-state index in [0.717, 1.165) is 25.7 Å². The van der Waals surface area contributed by atoms with Crippen molar-refractivity contribution in [1.82, 2.24) is 10.2 Å². The lowest BCUT2D eigenvalue weighted by Gasteiger charge is -2.32. The van der Waals surface area contributed by atoms with Crippen LogP contribution in [0.4, 0.5) is 5.69 Å². The van der Waals surface area contributed by atoms with Gasteiger partial charge in [0, 0.05) is 12.6 Å². The second-order valence-corrected chi connectivity index (χ2v) is 4.47. The van der Waals surface area contributed by atoms with E-state index in [4.69, 9.17) is 0 Å².